The molecule has 1 saturated carbocycles. The van der Waals surface area contributed by atoms with Crippen molar-refractivity contribution < 1.29 is 13.9 Å². The number of nitrogens with two attached hydrogens (primary N) is 1. The van der Waals surface area contributed by atoms with E-state index < -0.39 is 5.82 Å². The largest absolute Gasteiger partial charge is 0.496 e. The van der Waals surface area contributed by atoms with Crippen LogP contribution in [0.15, 0.2) is 42.6 Å². The molecule has 1 aromatic carbocycles. The Morgan fingerprint density at radius 1 is 1.22 bits per heavy atom. The van der Waals surface area contributed by atoms with Crippen LogP contribution in [0.3, 0.4) is 0 Å². The van der Waals surface area contributed by atoms with Gasteiger partial charge in [-0.25, -0.2) is 9.37 Å². The minimum absolute atomic E-state index is 0.0907. The third-order valence-electron chi connectivity index (χ3n) is 6.48. The molecule has 1 aliphatic heterocycles. The van der Waals surface area contributed by atoms with Gasteiger partial charge in [0.2, 0.25) is 0 Å². The van der Waals surface area contributed by atoms with E-state index in [4.69, 9.17) is 15.5 Å². The number of anilines is 1. The molecule has 1 aliphatic carbocycles. The average molecular weight is 432 g/mol. The fourth-order valence-corrected chi connectivity index (χ4v) is 4.89. The van der Waals surface area contributed by atoms with Crippen LogP contribution in [0.25, 0.3) is 11.3 Å². The molecule has 1 amide bonds. The summed E-state index contributed by atoms with van der Waals surface area (Å²) in [7, 11) is 1.49. The van der Waals surface area contributed by atoms with Gasteiger partial charge in [0.1, 0.15) is 17.4 Å². The molecule has 3 heterocycles. The van der Waals surface area contributed by atoms with Crippen LogP contribution in [0.4, 0.5) is 10.2 Å². The summed E-state index contributed by atoms with van der Waals surface area (Å²) < 4.78 is 20.2. The molecular formula is C25H25FN4O2. The van der Waals surface area contributed by atoms with Gasteiger partial charge in [-0.3, -0.25) is 14.7 Å². The number of aryl methyl sites for hydroxylation is 1. The van der Waals surface area contributed by atoms with Gasteiger partial charge < -0.3 is 10.5 Å². The summed E-state index contributed by atoms with van der Waals surface area (Å²) >= 11 is 0. The number of pyridine rings is 2. The number of methoxy groups -OCH3 is 1. The third-order valence-corrected chi connectivity index (χ3v) is 6.48. The SMILES string of the molecule is COc1cccc(F)c1-c1nccc2c1CN(c1cc(C)cc([C@@H]3CCC[C@H]3N)n1)C2=O. The van der Waals surface area contributed by atoms with Gasteiger partial charge in [-0.05, 0) is 55.7 Å². The predicted molar refractivity (Wildman–Crippen MR) is 120 cm³/mol. The molecule has 6 nitrogen and oxygen atoms in total. The van der Waals surface area contributed by atoms with Gasteiger partial charge in [-0.2, -0.15) is 0 Å². The van der Waals surface area contributed by atoms with Crippen molar-refractivity contribution in [3.05, 3.63) is 70.8 Å². The second-order valence-electron chi connectivity index (χ2n) is 8.52. The summed E-state index contributed by atoms with van der Waals surface area (Å²) in [5.74, 6) is 0.560. The molecular weight excluding hydrogens is 407 g/mol. The van der Waals surface area contributed by atoms with E-state index in [2.05, 4.69) is 11.1 Å². The van der Waals surface area contributed by atoms with Crippen LogP contribution in [0.5, 0.6) is 5.75 Å². The normalized spacial score (nSPS) is 20.0. The molecule has 1 fully saturated rings. The van der Waals surface area contributed by atoms with Crippen LogP contribution < -0.4 is 15.4 Å². The average Bonchev–Trinajstić information content (AvgIpc) is 3.36. The Morgan fingerprint density at radius 3 is 2.81 bits per heavy atom. The van der Waals surface area contributed by atoms with Crippen molar-refractivity contribution in [2.75, 3.05) is 12.0 Å². The highest BCUT2D eigenvalue weighted by atomic mass is 19.1. The van der Waals surface area contributed by atoms with Crippen LogP contribution in [0.1, 0.15) is 52.4 Å². The fourth-order valence-electron chi connectivity index (χ4n) is 4.89. The molecule has 164 valence electrons. The Hall–Kier alpha value is -3.32. The number of ether oxygens (including phenoxy) is 1. The van der Waals surface area contributed by atoms with Crippen molar-refractivity contribution in [1.82, 2.24) is 9.97 Å². The summed E-state index contributed by atoms with van der Waals surface area (Å²) in [5, 5.41) is 0. The Balaban J connectivity index is 1.57. The van der Waals surface area contributed by atoms with Crippen molar-refractivity contribution in [1.29, 1.82) is 0 Å². The van der Waals surface area contributed by atoms with Gasteiger partial charge in [-0.1, -0.05) is 12.5 Å². The van der Waals surface area contributed by atoms with Crippen LogP contribution in [-0.4, -0.2) is 29.0 Å². The number of amides is 1. The van der Waals surface area contributed by atoms with E-state index in [0.29, 0.717) is 28.4 Å². The first kappa shape index (κ1) is 20.6. The Labute approximate surface area is 186 Å². The van der Waals surface area contributed by atoms with Gasteiger partial charge in [-0.15, -0.1) is 0 Å². The summed E-state index contributed by atoms with van der Waals surface area (Å²) in [6, 6.07) is 10.4. The van der Waals surface area contributed by atoms with Crippen LogP contribution >= 0.6 is 0 Å². The first-order chi connectivity index (χ1) is 15.5. The lowest BCUT2D eigenvalue weighted by molar-refractivity contribution is 0.0996. The molecule has 2 aromatic heterocycles. The monoisotopic (exact) mass is 432 g/mol. The maximum Gasteiger partial charge on any atom is 0.260 e. The van der Waals surface area contributed by atoms with Crippen molar-refractivity contribution >= 4 is 11.7 Å². The van der Waals surface area contributed by atoms with Crippen molar-refractivity contribution in [2.24, 2.45) is 5.73 Å². The number of hydrogen-bond acceptors (Lipinski definition) is 5. The third kappa shape index (κ3) is 3.33. The highest BCUT2D eigenvalue weighted by Crippen LogP contribution is 2.39. The number of rotatable bonds is 4. The molecule has 5 rings (SSSR count). The maximum absolute atomic E-state index is 14.8. The Kier molecular flexibility index (Phi) is 5.13. The van der Waals surface area contributed by atoms with E-state index in [0.717, 1.165) is 30.5 Å². The zero-order chi connectivity index (χ0) is 22.4. The molecule has 7 heteroatoms. The molecule has 2 aliphatic rings. The second kappa shape index (κ2) is 7.98. The van der Waals surface area contributed by atoms with E-state index in [1.165, 1.54) is 19.4 Å². The van der Waals surface area contributed by atoms with Gasteiger partial charge in [0.15, 0.2) is 0 Å². The topological polar surface area (TPSA) is 81.3 Å². The van der Waals surface area contributed by atoms with Crippen LogP contribution in [0.2, 0.25) is 0 Å². The number of halogens is 1. The lowest BCUT2D eigenvalue weighted by atomic mass is 9.98. The number of hydrogen-bond donors (Lipinski definition) is 1. The van der Waals surface area contributed by atoms with Crippen LogP contribution in [0, 0.1) is 12.7 Å². The number of nitrogens with zero attached hydrogens (tertiary/aromatic N) is 3. The number of carbonyl (C=O) groups excluding carboxylic acids is 1. The summed E-state index contributed by atoms with van der Waals surface area (Å²) in [5.41, 5.74) is 10.1. The highest BCUT2D eigenvalue weighted by molar-refractivity contribution is 6.10. The van der Waals surface area contributed by atoms with Crippen molar-refractivity contribution in [3.63, 3.8) is 0 Å². The van der Waals surface area contributed by atoms with E-state index >= 15 is 0 Å². The highest BCUT2D eigenvalue weighted by Gasteiger charge is 2.34. The van der Waals surface area contributed by atoms with E-state index in [9.17, 15) is 9.18 Å². The summed E-state index contributed by atoms with van der Waals surface area (Å²) in [4.78, 5) is 24.2. The van der Waals surface area contributed by atoms with Gasteiger partial charge in [0.05, 0.1) is 24.9 Å². The second-order valence-corrected chi connectivity index (χ2v) is 8.52. The maximum atomic E-state index is 14.8. The lowest BCUT2D eigenvalue weighted by Crippen LogP contribution is -2.27. The number of aromatic nitrogens is 2. The molecule has 2 atom stereocenters. The fraction of sp³-hybridized carbons (Fsp3) is 0.320. The van der Waals surface area contributed by atoms with Gasteiger partial charge >= 0.3 is 0 Å². The summed E-state index contributed by atoms with van der Waals surface area (Å²) in [6.45, 7) is 2.27. The molecule has 0 radical (unpaired) electrons. The molecule has 3 aromatic rings. The lowest BCUT2D eigenvalue weighted by Gasteiger charge is -2.20. The number of carbonyl (C=O) groups is 1. The van der Waals surface area contributed by atoms with Crippen molar-refractivity contribution in [3.8, 4) is 17.0 Å². The standard InChI is InChI=1S/C25H25FN4O2/c1-14-11-20(16-5-3-7-19(16)27)29-22(12-14)30-13-17-15(25(30)31)9-10-28-24(17)23-18(26)6-4-8-21(23)32-2/h4,6,8-12,16,19H,3,5,7,13,27H2,1-2H3/t16-,19-/m1/s1. The minimum Gasteiger partial charge on any atom is -0.496 e. The summed E-state index contributed by atoms with van der Waals surface area (Å²) in [6.07, 6.45) is 4.62. The molecule has 0 saturated heterocycles. The predicted octanol–water partition coefficient (Wildman–Crippen LogP) is 4.35. The van der Waals surface area contributed by atoms with E-state index in [1.54, 1.807) is 23.1 Å². The molecule has 0 spiro atoms. The quantitative estimate of drug-likeness (QED) is 0.663. The molecule has 0 unspecified atom stereocenters. The minimum atomic E-state index is -0.442. The smallest absolute Gasteiger partial charge is 0.260 e. The van der Waals surface area contributed by atoms with Crippen LogP contribution in [-0.2, 0) is 6.54 Å². The zero-order valence-electron chi connectivity index (χ0n) is 18.1. The zero-order valence-corrected chi connectivity index (χ0v) is 18.1. The van der Waals surface area contributed by atoms with Gasteiger partial charge in [0, 0.05) is 35.0 Å². The molecule has 32 heavy (non-hydrogen) atoms. The van der Waals surface area contributed by atoms with E-state index in [-0.39, 0.29) is 30.0 Å². The van der Waals surface area contributed by atoms with E-state index in [1.807, 2.05) is 13.0 Å². The Morgan fingerprint density at radius 2 is 2.06 bits per heavy atom. The Bertz CT molecular complexity index is 1210. The number of fused-ring (bicyclic) bond motifs is 1. The molecule has 2 N–H and O–H groups in total. The first-order valence-electron chi connectivity index (χ1n) is 10.8. The number of benzene rings is 1. The van der Waals surface area contributed by atoms with Gasteiger partial charge in [0.25, 0.3) is 5.91 Å². The molecule has 0 bridgehead atoms. The van der Waals surface area contributed by atoms with Crippen molar-refractivity contribution in [2.45, 2.75) is 44.7 Å². The first-order valence-corrected chi connectivity index (χ1v) is 10.8.